The predicted molar refractivity (Wildman–Crippen MR) is 91.3 cm³/mol. The average Bonchev–Trinajstić information content (AvgIpc) is 2.95. The van der Waals surface area contributed by atoms with Crippen molar-refractivity contribution in [1.29, 1.82) is 0 Å². The van der Waals surface area contributed by atoms with Gasteiger partial charge in [0.1, 0.15) is 6.10 Å². The number of ether oxygens (including phenoxy) is 1. The van der Waals surface area contributed by atoms with Crippen molar-refractivity contribution in [2.24, 2.45) is 0 Å². The Hall–Kier alpha value is -1.43. The zero-order valence-electron chi connectivity index (χ0n) is 12.1. The second-order valence-electron chi connectivity index (χ2n) is 5.01. The van der Waals surface area contributed by atoms with Gasteiger partial charge in [0.2, 0.25) is 0 Å². The van der Waals surface area contributed by atoms with Gasteiger partial charge in [-0.05, 0) is 30.5 Å². The maximum atomic E-state index is 14.3. The highest BCUT2D eigenvalue weighted by atomic mass is 79.9. The van der Waals surface area contributed by atoms with Gasteiger partial charge >= 0.3 is 0 Å². The first-order chi connectivity index (χ1) is 10.5. The van der Waals surface area contributed by atoms with Gasteiger partial charge in [0.05, 0.1) is 7.11 Å². The third kappa shape index (κ3) is 2.53. The number of aliphatic hydroxyl groups is 1. The second kappa shape index (κ2) is 5.99. The Morgan fingerprint density at radius 3 is 2.68 bits per heavy atom. The minimum atomic E-state index is -0.932. The highest BCUT2D eigenvalue weighted by Crippen LogP contribution is 2.40. The molecule has 0 aliphatic heterocycles. The first-order valence-corrected chi connectivity index (χ1v) is 8.33. The number of benzene rings is 2. The summed E-state index contributed by atoms with van der Waals surface area (Å²) in [5.41, 5.74) is 0.883. The molecule has 0 saturated carbocycles. The van der Waals surface area contributed by atoms with Gasteiger partial charge in [-0.1, -0.05) is 34.1 Å². The Balaban J connectivity index is 2.13. The number of thiophene rings is 1. The lowest BCUT2D eigenvalue weighted by Crippen LogP contribution is -2.04. The summed E-state index contributed by atoms with van der Waals surface area (Å²) in [7, 11) is 1.41. The van der Waals surface area contributed by atoms with Crippen LogP contribution in [0.2, 0.25) is 0 Å². The molecule has 0 aliphatic rings. The number of rotatable bonds is 3. The molecule has 1 heterocycles. The lowest BCUT2D eigenvalue weighted by Gasteiger charge is -2.16. The van der Waals surface area contributed by atoms with Crippen molar-refractivity contribution in [2.45, 2.75) is 13.0 Å². The number of hydrogen-bond donors (Lipinski definition) is 1. The molecule has 5 heteroatoms. The lowest BCUT2D eigenvalue weighted by atomic mass is 10.0. The van der Waals surface area contributed by atoms with Crippen LogP contribution in [0.15, 0.2) is 40.9 Å². The van der Waals surface area contributed by atoms with Gasteiger partial charge in [-0.2, -0.15) is 0 Å². The Morgan fingerprint density at radius 1 is 1.27 bits per heavy atom. The summed E-state index contributed by atoms with van der Waals surface area (Å²) in [6.07, 6.45) is -0.932. The van der Waals surface area contributed by atoms with Gasteiger partial charge in [0.15, 0.2) is 11.6 Å². The van der Waals surface area contributed by atoms with E-state index < -0.39 is 11.9 Å². The van der Waals surface area contributed by atoms with Crippen LogP contribution in [0.1, 0.15) is 22.1 Å². The van der Waals surface area contributed by atoms with Crippen LogP contribution in [0.4, 0.5) is 4.39 Å². The summed E-state index contributed by atoms with van der Waals surface area (Å²) in [5, 5.41) is 11.7. The molecule has 0 bridgehead atoms. The Morgan fingerprint density at radius 2 is 2.00 bits per heavy atom. The normalized spacial score (nSPS) is 12.6. The van der Waals surface area contributed by atoms with Crippen molar-refractivity contribution in [1.82, 2.24) is 0 Å². The molecule has 114 valence electrons. The van der Waals surface area contributed by atoms with Crippen LogP contribution in [0.3, 0.4) is 0 Å². The Bertz CT molecular complexity index is 811. The van der Waals surface area contributed by atoms with Crippen LogP contribution < -0.4 is 4.74 Å². The molecule has 3 rings (SSSR count). The van der Waals surface area contributed by atoms with Gasteiger partial charge in [-0.15, -0.1) is 11.3 Å². The van der Waals surface area contributed by atoms with Crippen LogP contribution in [0, 0.1) is 12.7 Å². The molecule has 0 aliphatic carbocycles. The fraction of sp³-hybridized carbons (Fsp3) is 0.176. The van der Waals surface area contributed by atoms with E-state index in [1.807, 2.05) is 30.3 Å². The topological polar surface area (TPSA) is 29.5 Å². The van der Waals surface area contributed by atoms with Gasteiger partial charge < -0.3 is 9.84 Å². The van der Waals surface area contributed by atoms with Gasteiger partial charge in [0, 0.05) is 25.2 Å². The van der Waals surface area contributed by atoms with Gasteiger partial charge in [-0.25, -0.2) is 4.39 Å². The highest BCUT2D eigenvalue weighted by Gasteiger charge is 2.23. The molecule has 22 heavy (non-hydrogen) atoms. The summed E-state index contributed by atoms with van der Waals surface area (Å²) < 4.78 is 21.2. The number of fused-ring (bicyclic) bond motifs is 1. The minimum Gasteiger partial charge on any atom is -0.493 e. The highest BCUT2D eigenvalue weighted by molar-refractivity contribution is 9.10. The molecule has 0 saturated heterocycles. The summed E-state index contributed by atoms with van der Waals surface area (Å²) in [6, 6.07) is 11.5. The van der Waals surface area contributed by atoms with Crippen molar-refractivity contribution >= 4 is 37.4 Å². The van der Waals surface area contributed by atoms with Gasteiger partial charge in [-0.3, -0.25) is 0 Å². The summed E-state index contributed by atoms with van der Waals surface area (Å²) in [5.74, 6) is -0.363. The molecule has 1 aromatic heterocycles. The molecule has 1 N–H and O–H groups in total. The molecule has 2 nitrogen and oxygen atoms in total. The molecule has 0 fully saturated rings. The van der Waals surface area contributed by atoms with Crippen molar-refractivity contribution < 1.29 is 14.2 Å². The van der Waals surface area contributed by atoms with E-state index in [1.165, 1.54) is 18.4 Å². The minimum absolute atomic E-state index is 0.0886. The fourth-order valence-electron chi connectivity index (χ4n) is 2.41. The number of methoxy groups -OCH3 is 1. The van der Waals surface area contributed by atoms with E-state index in [2.05, 4.69) is 15.9 Å². The van der Waals surface area contributed by atoms with Crippen LogP contribution in [-0.4, -0.2) is 12.2 Å². The molecule has 2 aromatic carbocycles. The molecule has 0 amide bonds. The van der Waals surface area contributed by atoms with E-state index in [1.54, 1.807) is 13.0 Å². The van der Waals surface area contributed by atoms with Crippen LogP contribution in [-0.2, 0) is 0 Å². The van der Waals surface area contributed by atoms with E-state index in [4.69, 9.17) is 4.74 Å². The average molecular weight is 381 g/mol. The zero-order valence-corrected chi connectivity index (χ0v) is 14.5. The first-order valence-electron chi connectivity index (χ1n) is 6.72. The van der Waals surface area contributed by atoms with Crippen molar-refractivity contribution in [3.8, 4) is 5.75 Å². The van der Waals surface area contributed by atoms with E-state index in [9.17, 15) is 9.50 Å². The SMILES string of the molecule is COc1c(C(O)c2cc3ccccc3s2)cc(Br)c(C)c1F. The first kappa shape index (κ1) is 15.5. The number of halogens is 2. The molecule has 1 atom stereocenters. The summed E-state index contributed by atoms with van der Waals surface area (Å²) in [4.78, 5) is 0.759. The third-order valence-electron chi connectivity index (χ3n) is 3.64. The van der Waals surface area contributed by atoms with Crippen molar-refractivity contribution in [2.75, 3.05) is 7.11 Å². The number of aliphatic hydroxyl groups excluding tert-OH is 1. The van der Waals surface area contributed by atoms with E-state index >= 15 is 0 Å². The third-order valence-corrected chi connectivity index (χ3v) is 5.64. The quantitative estimate of drug-likeness (QED) is 0.676. The smallest absolute Gasteiger partial charge is 0.169 e. The zero-order chi connectivity index (χ0) is 15.9. The Labute approximate surface area is 140 Å². The molecule has 1 unspecified atom stereocenters. The van der Waals surface area contributed by atoms with Crippen molar-refractivity contribution in [3.63, 3.8) is 0 Å². The fourth-order valence-corrected chi connectivity index (χ4v) is 3.90. The van der Waals surface area contributed by atoms with Crippen LogP contribution in [0.5, 0.6) is 5.75 Å². The maximum Gasteiger partial charge on any atom is 0.169 e. The summed E-state index contributed by atoms with van der Waals surface area (Å²) >= 11 is 4.82. The van der Waals surface area contributed by atoms with E-state index in [0.717, 1.165) is 15.0 Å². The van der Waals surface area contributed by atoms with E-state index in [0.29, 0.717) is 15.6 Å². The molecule has 0 radical (unpaired) electrons. The standard InChI is InChI=1S/C17H14BrFO2S/c1-9-12(18)8-11(17(21-2)15(9)19)16(20)14-7-10-5-3-4-6-13(10)22-14/h3-8,16,20H,1-2H3. The number of hydrogen-bond acceptors (Lipinski definition) is 3. The molecular formula is C17H14BrFO2S. The van der Waals surface area contributed by atoms with Crippen LogP contribution >= 0.6 is 27.3 Å². The molecular weight excluding hydrogens is 367 g/mol. The summed E-state index contributed by atoms with van der Waals surface area (Å²) in [6.45, 7) is 1.66. The lowest BCUT2D eigenvalue weighted by molar-refractivity contribution is 0.216. The molecule has 0 spiro atoms. The predicted octanol–water partition coefficient (Wildman–Crippen LogP) is 5.20. The molecule has 3 aromatic rings. The van der Waals surface area contributed by atoms with Crippen LogP contribution in [0.25, 0.3) is 10.1 Å². The van der Waals surface area contributed by atoms with E-state index in [-0.39, 0.29) is 5.75 Å². The largest absolute Gasteiger partial charge is 0.493 e. The maximum absolute atomic E-state index is 14.3. The van der Waals surface area contributed by atoms with Gasteiger partial charge in [0.25, 0.3) is 0 Å². The monoisotopic (exact) mass is 380 g/mol. The second-order valence-corrected chi connectivity index (χ2v) is 6.98. The Kier molecular flexibility index (Phi) is 4.21. The van der Waals surface area contributed by atoms with Crippen molar-refractivity contribution in [3.05, 3.63) is 62.7 Å².